The fourth-order valence-corrected chi connectivity index (χ4v) is 2.88. The molecule has 1 heterocycles. The number of rotatable bonds is 7. The smallest absolute Gasteiger partial charge is 0.335 e. The van der Waals surface area contributed by atoms with Crippen molar-refractivity contribution >= 4 is 5.97 Å². The van der Waals surface area contributed by atoms with Crippen LogP contribution in [0.1, 0.15) is 23.7 Å². The van der Waals surface area contributed by atoms with Crippen LogP contribution in [0.25, 0.3) is 22.5 Å². The first-order valence-corrected chi connectivity index (χ1v) is 8.76. The molecule has 1 atom stereocenters. The van der Waals surface area contributed by atoms with Gasteiger partial charge in [0.2, 0.25) is 0 Å². The highest BCUT2D eigenvalue weighted by molar-refractivity contribution is 5.88. The minimum absolute atomic E-state index is 0.226. The maximum absolute atomic E-state index is 11.1. The molecule has 0 bridgehead atoms. The number of carbonyl (C=O) groups is 1. The molecule has 2 N–H and O–H groups in total. The van der Waals surface area contributed by atoms with Gasteiger partial charge in [0, 0.05) is 11.1 Å². The summed E-state index contributed by atoms with van der Waals surface area (Å²) in [5, 5.41) is 23.8. The van der Waals surface area contributed by atoms with Gasteiger partial charge in [-0.15, -0.1) is 0 Å². The molecule has 6 nitrogen and oxygen atoms in total. The first kappa shape index (κ1) is 18.7. The minimum Gasteiger partial charge on any atom is -0.496 e. The lowest BCUT2D eigenvalue weighted by Crippen LogP contribution is -2.16. The van der Waals surface area contributed by atoms with E-state index in [1.807, 2.05) is 37.3 Å². The Hall–Kier alpha value is -3.12. The van der Waals surface area contributed by atoms with Crippen molar-refractivity contribution in [2.24, 2.45) is 0 Å². The predicted octanol–water partition coefficient (Wildman–Crippen LogP) is 3.69. The molecule has 0 radical (unpaired) electrons. The Morgan fingerprint density at radius 1 is 1.19 bits per heavy atom. The van der Waals surface area contributed by atoms with Crippen molar-refractivity contribution in [3.63, 3.8) is 0 Å². The first-order valence-electron chi connectivity index (χ1n) is 8.76. The van der Waals surface area contributed by atoms with Gasteiger partial charge in [0.05, 0.1) is 36.7 Å². The van der Waals surface area contributed by atoms with Gasteiger partial charge >= 0.3 is 5.97 Å². The molecule has 27 heavy (non-hydrogen) atoms. The maximum atomic E-state index is 11.1. The summed E-state index contributed by atoms with van der Waals surface area (Å²) < 4.78 is 7.24. The van der Waals surface area contributed by atoms with Crippen molar-refractivity contribution in [2.75, 3.05) is 7.11 Å². The molecule has 0 aliphatic rings. The molecule has 0 fully saturated rings. The molecule has 0 saturated carbocycles. The van der Waals surface area contributed by atoms with Crippen LogP contribution >= 0.6 is 0 Å². The number of aromatic nitrogens is 2. The van der Waals surface area contributed by atoms with Crippen LogP contribution in [0.3, 0.4) is 0 Å². The Labute approximate surface area is 157 Å². The summed E-state index contributed by atoms with van der Waals surface area (Å²) in [6, 6.07) is 16.2. The van der Waals surface area contributed by atoms with E-state index in [-0.39, 0.29) is 5.56 Å². The molecule has 0 aliphatic heterocycles. The lowest BCUT2D eigenvalue weighted by Gasteiger charge is -2.13. The number of hydrogen-bond donors (Lipinski definition) is 2. The third kappa shape index (κ3) is 4.01. The second-order valence-electron chi connectivity index (χ2n) is 6.24. The summed E-state index contributed by atoms with van der Waals surface area (Å²) in [7, 11) is 1.62. The van der Waals surface area contributed by atoms with E-state index < -0.39 is 12.1 Å². The van der Waals surface area contributed by atoms with Crippen molar-refractivity contribution in [3.05, 3.63) is 60.2 Å². The first-order chi connectivity index (χ1) is 13.0. The van der Waals surface area contributed by atoms with Crippen molar-refractivity contribution in [3.8, 4) is 28.3 Å². The predicted molar refractivity (Wildman–Crippen MR) is 103 cm³/mol. The zero-order valence-electron chi connectivity index (χ0n) is 15.3. The zero-order chi connectivity index (χ0) is 19.4. The van der Waals surface area contributed by atoms with Gasteiger partial charge in [-0.1, -0.05) is 31.2 Å². The number of methoxy groups -OCH3 is 1. The molecule has 3 rings (SSSR count). The average molecular weight is 366 g/mol. The molecule has 2 aromatic carbocycles. The van der Waals surface area contributed by atoms with Crippen LogP contribution in [0, 0.1) is 0 Å². The number of para-hydroxylation sites is 1. The van der Waals surface area contributed by atoms with Gasteiger partial charge < -0.3 is 14.9 Å². The van der Waals surface area contributed by atoms with Crippen molar-refractivity contribution in [1.82, 2.24) is 9.78 Å². The van der Waals surface area contributed by atoms with Crippen LogP contribution in [0.15, 0.2) is 54.6 Å². The third-order valence-corrected chi connectivity index (χ3v) is 4.45. The highest BCUT2D eigenvalue weighted by Crippen LogP contribution is 2.33. The van der Waals surface area contributed by atoms with E-state index in [0.717, 1.165) is 22.6 Å². The molecule has 0 unspecified atom stereocenters. The Kier molecular flexibility index (Phi) is 5.57. The monoisotopic (exact) mass is 366 g/mol. The fourth-order valence-electron chi connectivity index (χ4n) is 2.88. The molecule has 140 valence electrons. The molecule has 0 amide bonds. The zero-order valence-corrected chi connectivity index (χ0v) is 15.3. The van der Waals surface area contributed by atoms with Crippen molar-refractivity contribution in [1.29, 1.82) is 0 Å². The quantitative estimate of drug-likeness (QED) is 0.666. The fraction of sp³-hybridized carbons (Fsp3) is 0.238. The van der Waals surface area contributed by atoms with Gasteiger partial charge in [0.25, 0.3) is 0 Å². The molecule has 0 saturated heterocycles. The minimum atomic E-state index is -0.965. The lowest BCUT2D eigenvalue weighted by atomic mass is 10.1. The average Bonchev–Trinajstić information content (AvgIpc) is 3.11. The Bertz CT molecular complexity index is 932. The molecule has 0 aliphatic carbocycles. The SMILES string of the molecule is CC[C@@H](O)Cn1nc(-c2ccc(C(=O)O)cc2)cc1-c1ccccc1OC. The number of ether oxygens (including phenoxy) is 1. The molecule has 3 aromatic rings. The van der Waals surface area contributed by atoms with Crippen LogP contribution in [-0.4, -0.2) is 39.2 Å². The summed E-state index contributed by atoms with van der Waals surface area (Å²) in [6.45, 7) is 2.28. The van der Waals surface area contributed by atoms with Gasteiger partial charge in [0.15, 0.2) is 0 Å². The van der Waals surface area contributed by atoms with E-state index in [9.17, 15) is 9.90 Å². The Balaban J connectivity index is 2.07. The second-order valence-corrected chi connectivity index (χ2v) is 6.24. The topological polar surface area (TPSA) is 84.6 Å². The standard InChI is InChI=1S/C21H22N2O4/c1-3-16(24)13-23-19(17-6-4-5-7-20(17)27-2)12-18(22-23)14-8-10-15(11-9-14)21(25)26/h4-12,16,24H,3,13H2,1-2H3,(H,25,26)/t16-/m1/s1. The van der Waals surface area contributed by atoms with E-state index in [1.54, 1.807) is 36.1 Å². The van der Waals surface area contributed by atoms with Gasteiger partial charge in [-0.3, -0.25) is 4.68 Å². The van der Waals surface area contributed by atoms with Crippen molar-refractivity contribution < 1.29 is 19.7 Å². The number of carboxylic acid groups (broad SMARTS) is 1. The van der Waals surface area contributed by atoms with Gasteiger partial charge in [-0.25, -0.2) is 4.79 Å². The van der Waals surface area contributed by atoms with Gasteiger partial charge in [-0.05, 0) is 36.8 Å². The molecular formula is C21H22N2O4. The van der Waals surface area contributed by atoms with E-state index in [0.29, 0.717) is 18.7 Å². The number of nitrogens with zero attached hydrogens (tertiary/aromatic N) is 2. The van der Waals surface area contributed by atoms with Crippen LogP contribution in [0.5, 0.6) is 5.75 Å². The summed E-state index contributed by atoms with van der Waals surface area (Å²) in [6.07, 6.45) is 0.106. The number of benzene rings is 2. The largest absolute Gasteiger partial charge is 0.496 e. The molecule has 1 aromatic heterocycles. The summed E-state index contributed by atoms with van der Waals surface area (Å²) in [5.74, 6) is -0.245. The Morgan fingerprint density at radius 3 is 2.52 bits per heavy atom. The van der Waals surface area contributed by atoms with Gasteiger partial charge in [0.1, 0.15) is 5.75 Å². The summed E-state index contributed by atoms with van der Waals surface area (Å²) in [5.41, 5.74) is 3.45. The summed E-state index contributed by atoms with van der Waals surface area (Å²) in [4.78, 5) is 11.1. The van der Waals surface area contributed by atoms with Crippen LogP contribution in [0.2, 0.25) is 0 Å². The normalized spacial score (nSPS) is 12.0. The van der Waals surface area contributed by atoms with E-state index >= 15 is 0 Å². The maximum Gasteiger partial charge on any atom is 0.335 e. The highest BCUT2D eigenvalue weighted by atomic mass is 16.5. The van der Waals surface area contributed by atoms with Crippen LogP contribution in [-0.2, 0) is 6.54 Å². The summed E-state index contributed by atoms with van der Waals surface area (Å²) >= 11 is 0. The lowest BCUT2D eigenvalue weighted by molar-refractivity contribution is 0.0697. The van der Waals surface area contributed by atoms with Crippen molar-refractivity contribution in [2.45, 2.75) is 26.0 Å². The second kappa shape index (κ2) is 8.05. The number of hydrogen-bond acceptors (Lipinski definition) is 4. The number of aliphatic hydroxyl groups excluding tert-OH is 1. The molecular weight excluding hydrogens is 344 g/mol. The third-order valence-electron chi connectivity index (χ3n) is 4.45. The Morgan fingerprint density at radius 2 is 1.89 bits per heavy atom. The van der Waals surface area contributed by atoms with E-state index in [1.165, 1.54) is 0 Å². The van der Waals surface area contributed by atoms with E-state index in [2.05, 4.69) is 5.10 Å². The number of aliphatic hydroxyl groups is 1. The van der Waals surface area contributed by atoms with Crippen LogP contribution < -0.4 is 4.74 Å². The van der Waals surface area contributed by atoms with Crippen LogP contribution in [0.4, 0.5) is 0 Å². The van der Waals surface area contributed by atoms with Gasteiger partial charge in [-0.2, -0.15) is 5.10 Å². The molecule has 0 spiro atoms. The molecule has 6 heteroatoms. The number of aromatic carboxylic acids is 1. The van der Waals surface area contributed by atoms with E-state index in [4.69, 9.17) is 9.84 Å². The highest BCUT2D eigenvalue weighted by Gasteiger charge is 2.17. The number of carboxylic acids is 1.